The van der Waals surface area contributed by atoms with Gasteiger partial charge < -0.3 is 51.6 Å². The number of ether oxygens (including phenoxy) is 2. The molecule has 0 aromatic rings. The van der Waals surface area contributed by atoms with Crippen LogP contribution in [0.5, 0.6) is 0 Å². The van der Waals surface area contributed by atoms with E-state index in [0.29, 0.717) is 13.1 Å². The number of carboxylic acid groups (broad SMARTS) is 1. The molecule has 168 valence electrons. The molecule has 28 heavy (non-hydrogen) atoms. The zero-order chi connectivity index (χ0) is 21.0. The Balaban J connectivity index is 3.66. The molecule has 3 unspecified atom stereocenters. The van der Waals surface area contributed by atoms with Crippen LogP contribution in [-0.4, -0.2) is 111 Å². The number of hydrogen-bond donors (Lipinski definition) is 8. The molecule has 0 fully saturated rings. The molecule has 0 spiro atoms. The van der Waals surface area contributed by atoms with Crippen LogP contribution in [0.1, 0.15) is 19.3 Å². The lowest BCUT2D eigenvalue weighted by molar-refractivity contribution is -0.185. The van der Waals surface area contributed by atoms with E-state index in [0.717, 1.165) is 45.4 Å². The number of hydrogen-bond acceptors (Lipinski definition) is 10. The third kappa shape index (κ3) is 17.2. The van der Waals surface area contributed by atoms with E-state index >= 15 is 0 Å². The third-order valence-corrected chi connectivity index (χ3v) is 3.78. The second-order valence-corrected chi connectivity index (χ2v) is 6.34. The molecule has 0 bridgehead atoms. The number of carbonyl (C=O) groups is 1. The highest BCUT2D eigenvalue weighted by molar-refractivity contribution is 5.67. The Labute approximate surface area is 166 Å². The van der Waals surface area contributed by atoms with E-state index in [1.54, 1.807) is 0 Å². The number of nitrogens with one attached hydrogen (secondary N) is 3. The fourth-order valence-electron chi connectivity index (χ4n) is 2.30. The van der Waals surface area contributed by atoms with E-state index in [9.17, 15) is 15.0 Å². The average molecular weight is 411 g/mol. The van der Waals surface area contributed by atoms with Crippen molar-refractivity contribution in [1.82, 2.24) is 16.0 Å². The molecule has 0 radical (unpaired) electrons. The Hall–Kier alpha value is -0.890. The largest absolute Gasteiger partial charge is 0.480 e. The van der Waals surface area contributed by atoms with Crippen LogP contribution in [0.25, 0.3) is 0 Å². The third-order valence-electron chi connectivity index (χ3n) is 3.78. The zero-order valence-corrected chi connectivity index (χ0v) is 16.5. The number of nitrogens with two attached hydrogens (primary N) is 1. The second kappa shape index (κ2) is 19.4. The van der Waals surface area contributed by atoms with E-state index in [4.69, 9.17) is 25.4 Å². The molecule has 0 aromatic carbocycles. The average Bonchev–Trinajstić information content (AvgIpc) is 2.67. The molecule has 0 aliphatic carbocycles. The van der Waals surface area contributed by atoms with Gasteiger partial charge in [-0.1, -0.05) is 6.42 Å². The first-order valence-electron chi connectivity index (χ1n) is 9.75. The van der Waals surface area contributed by atoms with Crippen molar-refractivity contribution in [3.63, 3.8) is 0 Å². The minimum Gasteiger partial charge on any atom is -0.480 e. The normalized spacial score (nSPS) is 14.7. The molecule has 0 aliphatic rings. The molecule has 0 amide bonds. The van der Waals surface area contributed by atoms with Crippen LogP contribution < -0.4 is 21.7 Å². The summed E-state index contributed by atoms with van der Waals surface area (Å²) in [6.45, 7) is 3.52. The van der Waals surface area contributed by atoms with Crippen LogP contribution in [0.2, 0.25) is 0 Å². The van der Waals surface area contributed by atoms with Crippen LogP contribution in [0, 0.1) is 0 Å². The van der Waals surface area contributed by atoms with Gasteiger partial charge in [0.2, 0.25) is 0 Å². The first-order valence-corrected chi connectivity index (χ1v) is 9.75. The summed E-state index contributed by atoms with van der Waals surface area (Å²) < 4.78 is 10.1. The van der Waals surface area contributed by atoms with E-state index in [2.05, 4.69) is 16.0 Å². The predicted molar refractivity (Wildman–Crippen MR) is 104 cm³/mol. The van der Waals surface area contributed by atoms with Crippen LogP contribution in [0.15, 0.2) is 0 Å². The molecule has 0 rings (SSSR count). The minimum absolute atomic E-state index is 0.127. The molecule has 0 aromatic heterocycles. The van der Waals surface area contributed by atoms with E-state index in [1.165, 1.54) is 0 Å². The summed E-state index contributed by atoms with van der Waals surface area (Å²) in [6, 6.07) is 0. The first kappa shape index (κ1) is 27.1. The molecule has 11 heteroatoms. The van der Waals surface area contributed by atoms with Gasteiger partial charge in [-0.3, -0.25) is 0 Å². The minimum atomic E-state index is -1.28. The van der Waals surface area contributed by atoms with E-state index in [-0.39, 0.29) is 13.2 Å². The van der Waals surface area contributed by atoms with E-state index < -0.39 is 37.7 Å². The van der Waals surface area contributed by atoms with Crippen molar-refractivity contribution in [3.05, 3.63) is 0 Å². The standard InChI is InChI=1S/C17H38N4O7/c18-4-7-19-5-2-1-3-6-20-8-9-21-10-17(26)28-15(14(23)11-22)12-27-13-16(24)25/h14-15,17,19-23,26H,1-13,18H2,(H,24,25). The lowest BCUT2D eigenvalue weighted by Gasteiger charge is -2.24. The van der Waals surface area contributed by atoms with Crippen molar-refractivity contribution in [2.24, 2.45) is 5.73 Å². The monoisotopic (exact) mass is 410 g/mol. The number of carboxylic acids is 1. The van der Waals surface area contributed by atoms with E-state index in [1.807, 2.05) is 0 Å². The highest BCUT2D eigenvalue weighted by Gasteiger charge is 2.23. The number of aliphatic hydroxyl groups excluding tert-OH is 3. The van der Waals surface area contributed by atoms with Crippen molar-refractivity contribution in [3.8, 4) is 0 Å². The van der Waals surface area contributed by atoms with Crippen molar-refractivity contribution in [1.29, 1.82) is 0 Å². The van der Waals surface area contributed by atoms with Crippen LogP contribution >= 0.6 is 0 Å². The van der Waals surface area contributed by atoms with Gasteiger partial charge in [-0.05, 0) is 25.9 Å². The van der Waals surface area contributed by atoms with Crippen LogP contribution in [0.3, 0.4) is 0 Å². The molecule has 9 N–H and O–H groups in total. The molecule has 0 heterocycles. The van der Waals surface area contributed by atoms with Crippen molar-refractivity contribution in [2.75, 3.05) is 65.6 Å². The summed E-state index contributed by atoms with van der Waals surface area (Å²) in [4.78, 5) is 10.4. The first-order chi connectivity index (χ1) is 13.5. The Morgan fingerprint density at radius 1 is 0.964 bits per heavy atom. The molecule has 0 saturated carbocycles. The topological polar surface area (TPSA) is 179 Å². The lowest BCUT2D eigenvalue weighted by atomic mass is 10.2. The van der Waals surface area contributed by atoms with Crippen molar-refractivity contribution < 1.29 is 34.7 Å². The van der Waals surface area contributed by atoms with Gasteiger partial charge in [0.1, 0.15) is 18.8 Å². The summed E-state index contributed by atoms with van der Waals surface area (Å²) in [5.74, 6) is -1.16. The summed E-state index contributed by atoms with van der Waals surface area (Å²) in [6.07, 6.45) is -0.175. The number of aliphatic hydroxyl groups is 3. The van der Waals surface area contributed by atoms with Gasteiger partial charge >= 0.3 is 5.97 Å². The van der Waals surface area contributed by atoms with Crippen LogP contribution in [-0.2, 0) is 14.3 Å². The maximum absolute atomic E-state index is 10.4. The highest BCUT2D eigenvalue weighted by Crippen LogP contribution is 2.04. The maximum atomic E-state index is 10.4. The fourth-order valence-corrected chi connectivity index (χ4v) is 2.30. The highest BCUT2D eigenvalue weighted by atomic mass is 16.6. The van der Waals surface area contributed by atoms with Crippen LogP contribution in [0.4, 0.5) is 0 Å². The number of unbranched alkanes of at least 4 members (excludes halogenated alkanes) is 2. The summed E-state index contributed by atoms with van der Waals surface area (Å²) in [5, 5.41) is 46.6. The molecular formula is C17H38N4O7. The van der Waals surface area contributed by atoms with Gasteiger partial charge in [-0.15, -0.1) is 0 Å². The molecule has 0 saturated heterocycles. The molecule has 0 aliphatic heterocycles. The van der Waals surface area contributed by atoms with Gasteiger partial charge in [0.05, 0.1) is 13.2 Å². The quantitative estimate of drug-likeness (QED) is 0.0716. The fraction of sp³-hybridized carbons (Fsp3) is 0.941. The predicted octanol–water partition coefficient (Wildman–Crippen LogP) is -2.96. The Morgan fingerprint density at radius 2 is 1.61 bits per heavy atom. The van der Waals surface area contributed by atoms with Gasteiger partial charge in [0.25, 0.3) is 0 Å². The Bertz CT molecular complexity index is 366. The van der Waals surface area contributed by atoms with Gasteiger partial charge in [0.15, 0.2) is 6.29 Å². The molecule has 11 nitrogen and oxygen atoms in total. The maximum Gasteiger partial charge on any atom is 0.329 e. The Kier molecular flexibility index (Phi) is 18.8. The SMILES string of the molecule is NCCNCCCCCNCCNCC(O)OC(COCC(=O)O)C(O)CO. The number of rotatable bonds is 21. The smallest absolute Gasteiger partial charge is 0.329 e. The second-order valence-electron chi connectivity index (χ2n) is 6.34. The van der Waals surface area contributed by atoms with Crippen molar-refractivity contribution in [2.45, 2.75) is 37.8 Å². The van der Waals surface area contributed by atoms with Crippen molar-refractivity contribution >= 4 is 5.97 Å². The summed E-state index contributed by atoms with van der Waals surface area (Å²) in [5.41, 5.74) is 5.39. The summed E-state index contributed by atoms with van der Waals surface area (Å²) >= 11 is 0. The van der Waals surface area contributed by atoms with Gasteiger partial charge in [0, 0.05) is 32.7 Å². The zero-order valence-electron chi connectivity index (χ0n) is 16.5. The number of aliphatic carboxylic acids is 1. The lowest BCUT2D eigenvalue weighted by Crippen LogP contribution is -2.42. The summed E-state index contributed by atoms with van der Waals surface area (Å²) in [7, 11) is 0. The Morgan fingerprint density at radius 3 is 2.21 bits per heavy atom. The molecule has 3 atom stereocenters. The molecular weight excluding hydrogens is 372 g/mol. The van der Waals surface area contributed by atoms with Gasteiger partial charge in [-0.2, -0.15) is 0 Å². The van der Waals surface area contributed by atoms with Gasteiger partial charge in [-0.25, -0.2) is 4.79 Å².